The van der Waals surface area contributed by atoms with Crippen LogP contribution >= 0.6 is 0 Å². The van der Waals surface area contributed by atoms with Gasteiger partial charge in [0, 0.05) is 35.4 Å². The van der Waals surface area contributed by atoms with Crippen LogP contribution in [0.3, 0.4) is 0 Å². The van der Waals surface area contributed by atoms with Crippen molar-refractivity contribution in [3.05, 3.63) is 64.6 Å². The molecule has 0 aromatic heterocycles. The van der Waals surface area contributed by atoms with Crippen molar-refractivity contribution in [1.29, 1.82) is 0 Å². The highest BCUT2D eigenvalue weighted by Gasteiger charge is 2.37. The van der Waals surface area contributed by atoms with Gasteiger partial charge >= 0.3 is 0 Å². The summed E-state index contributed by atoms with van der Waals surface area (Å²) in [7, 11) is 0. The van der Waals surface area contributed by atoms with Gasteiger partial charge in [0.1, 0.15) is 5.82 Å². The lowest BCUT2D eigenvalue weighted by atomic mass is 9.75. The van der Waals surface area contributed by atoms with E-state index in [-0.39, 0.29) is 18.4 Å². The maximum absolute atomic E-state index is 14.6. The van der Waals surface area contributed by atoms with E-state index in [1.54, 1.807) is 18.2 Å². The lowest BCUT2D eigenvalue weighted by molar-refractivity contribution is -0.116. The third-order valence-corrected chi connectivity index (χ3v) is 5.10. The van der Waals surface area contributed by atoms with Crippen LogP contribution in [0.2, 0.25) is 0 Å². The molecule has 0 fully saturated rings. The number of allylic oxidation sites excluding steroid dienone is 2. The van der Waals surface area contributed by atoms with Gasteiger partial charge < -0.3 is 14.8 Å². The predicted octanol–water partition coefficient (Wildman–Crippen LogP) is 4.12. The third-order valence-electron chi connectivity index (χ3n) is 5.10. The predicted molar refractivity (Wildman–Crippen MR) is 90.3 cm³/mol. The maximum atomic E-state index is 14.6. The van der Waals surface area contributed by atoms with Gasteiger partial charge in [-0.3, -0.25) is 4.79 Å². The van der Waals surface area contributed by atoms with Crippen LogP contribution in [0.25, 0.3) is 0 Å². The fourth-order valence-electron chi connectivity index (χ4n) is 3.98. The molecule has 0 radical (unpaired) electrons. The van der Waals surface area contributed by atoms with Crippen molar-refractivity contribution < 1.29 is 18.7 Å². The van der Waals surface area contributed by atoms with Crippen molar-refractivity contribution in [3.8, 4) is 11.5 Å². The van der Waals surface area contributed by atoms with Crippen LogP contribution in [0.15, 0.2) is 47.7 Å². The Hall–Kier alpha value is -2.82. The monoisotopic (exact) mass is 337 g/mol. The van der Waals surface area contributed by atoms with Crippen LogP contribution in [0, 0.1) is 5.82 Å². The number of fused-ring (bicyclic) bond motifs is 2. The summed E-state index contributed by atoms with van der Waals surface area (Å²) in [4.78, 5) is 12.7. The van der Waals surface area contributed by atoms with E-state index in [0.717, 1.165) is 29.8 Å². The van der Waals surface area contributed by atoms with Gasteiger partial charge in [0.2, 0.25) is 6.79 Å². The third kappa shape index (κ3) is 2.15. The van der Waals surface area contributed by atoms with E-state index >= 15 is 0 Å². The first-order valence-electron chi connectivity index (χ1n) is 8.43. The number of hydrogen-bond donors (Lipinski definition) is 1. The Kier molecular flexibility index (Phi) is 3.10. The summed E-state index contributed by atoms with van der Waals surface area (Å²) >= 11 is 0. The topological polar surface area (TPSA) is 47.6 Å². The lowest BCUT2D eigenvalue weighted by Gasteiger charge is -2.34. The van der Waals surface area contributed by atoms with Crippen LogP contribution in [0.5, 0.6) is 11.5 Å². The highest BCUT2D eigenvalue weighted by molar-refractivity contribution is 6.01. The van der Waals surface area contributed by atoms with E-state index in [1.165, 1.54) is 6.07 Å². The van der Waals surface area contributed by atoms with Crippen molar-refractivity contribution in [2.24, 2.45) is 0 Å². The number of halogens is 1. The van der Waals surface area contributed by atoms with Gasteiger partial charge in [-0.1, -0.05) is 18.2 Å². The molecule has 4 nitrogen and oxygen atoms in total. The van der Waals surface area contributed by atoms with Gasteiger partial charge in [0.25, 0.3) is 0 Å². The van der Waals surface area contributed by atoms with Crippen molar-refractivity contribution in [2.45, 2.75) is 25.2 Å². The minimum atomic E-state index is -0.422. The fraction of sp³-hybridized carbons (Fsp3) is 0.250. The minimum Gasteiger partial charge on any atom is -0.454 e. The molecule has 3 aliphatic rings. The Bertz CT molecular complexity index is 935. The number of hydrogen-bond acceptors (Lipinski definition) is 4. The van der Waals surface area contributed by atoms with Gasteiger partial charge in [-0.25, -0.2) is 4.39 Å². The number of carbonyl (C=O) groups excluding carboxylic acids is 1. The van der Waals surface area contributed by atoms with E-state index < -0.39 is 5.92 Å². The van der Waals surface area contributed by atoms with Crippen LogP contribution < -0.4 is 14.8 Å². The standard InChI is InChI=1S/C20H16FNO3/c21-13-5-2-1-4-11(13)19-12-8-17-18(25-10-24-17)9-15(12)22-14-6-3-7-16(23)20(14)19/h1-2,4-5,8-9,19,22H,3,6-7,10H2/t19-/m0/s1. The van der Waals surface area contributed by atoms with Crippen LogP contribution in [-0.4, -0.2) is 12.6 Å². The second kappa shape index (κ2) is 5.34. The first-order chi connectivity index (χ1) is 12.2. The summed E-state index contributed by atoms with van der Waals surface area (Å²) in [5.74, 6) is 0.669. The lowest BCUT2D eigenvalue weighted by Crippen LogP contribution is -2.27. The van der Waals surface area contributed by atoms with E-state index in [1.807, 2.05) is 12.1 Å². The first-order valence-corrected chi connectivity index (χ1v) is 8.43. The molecule has 1 N–H and O–H groups in total. The molecule has 5 heteroatoms. The first kappa shape index (κ1) is 14.5. The molecule has 2 aromatic rings. The molecular weight excluding hydrogens is 321 g/mol. The Balaban J connectivity index is 1.77. The zero-order chi connectivity index (χ0) is 17.0. The molecular formula is C20H16FNO3. The smallest absolute Gasteiger partial charge is 0.231 e. The van der Waals surface area contributed by atoms with Gasteiger partial charge in [-0.05, 0) is 36.1 Å². The average Bonchev–Trinajstić information content (AvgIpc) is 3.06. The Labute approximate surface area is 144 Å². The zero-order valence-electron chi connectivity index (χ0n) is 13.5. The Morgan fingerprint density at radius 3 is 2.68 bits per heavy atom. The van der Waals surface area contributed by atoms with E-state index in [9.17, 15) is 9.18 Å². The summed E-state index contributed by atoms with van der Waals surface area (Å²) in [6, 6.07) is 10.4. The molecule has 2 heterocycles. The molecule has 2 aromatic carbocycles. The van der Waals surface area contributed by atoms with Gasteiger partial charge in [0.05, 0.1) is 0 Å². The summed E-state index contributed by atoms with van der Waals surface area (Å²) in [6.45, 7) is 0.175. The molecule has 5 rings (SSSR count). The number of benzene rings is 2. The molecule has 0 saturated carbocycles. The van der Waals surface area contributed by atoms with E-state index in [0.29, 0.717) is 29.1 Å². The summed E-state index contributed by atoms with van der Waals surface area (Å²) in [6.07, 6.45) is 2.11. The highest BCUT2D eigenvalue weighted by Crippen LogP contribution is 2.49. The minimum absolute atomic E-state index is 0.0883. The van der Waals surface area contributed by atoms with Crippen LogP contribution in [-0.2, 0) is 4.79 Å². The molecule has 0 saturated heterocycles. The SMILES string of the molecule is O=C1CCCC2=C1[C@@H](c1ccccc1F)c1cc3c(cc1N2)OCO3. The highest BCUT2D eigenvalue weighted by atomic mass is 19.1. The largest absolute Gasteiger partial charge is 0.454 e. The molecule has 1 atom stereocenters. The molecule has 2 aliphatic heterocycles. The molecule has 0 amide bonds. The quantitative estimate of drug-likeness (QED) is 0.850. The number of nitrogens with one attached hydrogen (secondary N) is 1. The van der Waals surface area contributed by atoms with Gasteiger partial charge in [0.15, 0.2) is 17.3 Å². The summed E-state index contributed by atoms with van der Waals surface area (Å²) in [5.41, 5.74) is 3.81. The second-order valence-electron chi connectivity index (χ2n) is 6.54. The average molecular weight is 337 g/mol. The number of rotatable bonds is 1. The Morgan fingerprint density at radius 1 is 1.04 bits per heavy atom. The van der Waals surface area contributed by atoms with Crippen molar-refractivity contribution in [2.75, 3.05) is 12.1 Å². The molecule has 126 valence electrons. The molecule has 0 spiro atoms. The van der Waals surface area contributed by atoms with Gasteiger partial charge in [-0.15, -0.1) is 0 Å². The number of anilines is 1. The number of ketones is 1. The Morgan fingerprint density at radius 2 is 1.84 bits per heavy atom. The molecule has 25 heavy (non-hydrogen) atoms. The normalized spacial score (nSPS) is 20.8. The van der Waals surface area contributed by atoms with Gasteiger partial charge in [-0.2, -0.15) is 0 Å². The van der Waals surface area contributed by atoms with Crippen molar-refractivity contribution >= 4 is 11.5 Å². The summed E-state index contributed by atoms with van der Waals surface area (Å²) < 4.78 is 25.6. The van der Waals surface area contributed by atoms with Crippen LogP contribution in [0.4, 0.5) is 10.1 Å². The number of ether oxygens (including phenoxy) is 2. The van der Waals surface area contributed by atoms with Crippen molar-refractivity contribution in [3.63, 3.8) is 0 Å². The number of Topliss-reactive ketones (excluding diaryl/α,β-unsaturated/α-hetero) is 1. The van der Waals surface area contributed by atoms with Crippen molar-refractivity contribution in [1.82, 2.24) is 0 Å². The zero-order valence-corrected chi connectivity index (χ0v) is 13.5. The molecule has 0 unspecified atom stereocenters. The number of carbonyl (C=O) groups is 1. The second-order valence-corrected chi connectivity index (χ2v) is 6.54. The van der Waals surface area contributed by atoms with Crippen LogP contribution in [0.1, 0.15) is 36.3 Å². The molecule has 1 aliphatic carbocycles. The maximum Gasteiger partial charge on any atom is 0.231 e. The van der Waals surface area contributed by atoms with E-state index in [2.05, 4.69) is 5.32 Å². The fourth-order valence-corrected chi connectivity index (χ4v) is 3.98. The molecule has 0 bridgehead atoms. The van der Waals surface area contributed by atoms with E-state index in [4.69, 9.17) is 9.47 Å². The summed E-state index contributed by atoms with van der Waals surface area (Å²) in [5, 5.41) is 3.38.